The predicted molar refractivity (Wildman–Crippen MR) is 159 cm³/mol. The minimum absolute atomic E-state index is 0.0719. The molecule has 3 heterocycles. The second-order valence-electron chi connectivity index (χ2n) is 9.38. The minimum Gasteiger partial charge on any atom is -0.497 e. The lowest BCUT2D eigenvalue weighted by Gasteiger charge is -2.35. The van der Waals surface area contributed by atoms with Crippen LogP contribution in [0.3, 0.4) is 0 Å². The summed E-state index contributed by atoms with van der Waals surface area (Å²) < 4.78 is 10.6. The van der Waals surface area contributed by atoms with Gasteiger partial charge in [-0.2, -0.15) is 0 Å². The number of pyridine rings is 1. The number of hydrogen-bond acceptors (Lipinski definition) is 8. The molecule has 0 radical (unpaired) electrons. The summed E-state index contributed by atoms with van der Waals surface area (Å²) in [4.78, 5) is 34.1. The van der Waals surface area contributed by atoms with Crippen LogP contribution < -0.4 is 19.7 Å². The maximum absolute atomic E-state index is 13.4. The Morgan fingerprint density at radius 2 is 1.69 bits per heavy atom. The highest BCUT2D eigenvalue weighted by molar-refractivity contribution is 6.02. The van der Waals surface area contributed by atoms with Crippen LogP contribution in [-0.2, 0) is 0 Å². The van der Waals surface area contributed by atoms with Gasteiger partial charge in [-0.15, -0.1) is 10.2 Å². The van der Waals surface area contributed by atoms with Crippen molar-refractivity contribution >= 4 is 23.3 Å². The van der Waals surface area contributed by atoms with E-state index in [0.717, 1.165) is 0 Å². The fourth-order valence-electron chi connectivity index (χ4n) is 4.44. The number of rotatable bonds is 7. The van der Waals surface area contributed by atoms with Crippen molar-refractivity contribution in [2.24, 2.45) is 0 Å². The molecule has 2 aromatic carbocycles. The Bertz CT molecular complexity index is 1600. The Morgan fingerprint density at radius 1 is 0.905 bits per heavy atom. The van der Waals surface area contributed by atoms with Gasteiger partial charge in [0.2, 0.25) is 0 Å². The molecule has 5 rings (SSSR count). The molecule has 0 spiro atoms. The Kier molecular flexibility index (Phi) is 8.89. The number of aromatic nitrogens is 3. The van der Waals surface area contributed by atoms with Crippen LogP contribution in [0.5, 0.6) is 11.5 Å². The number of ether oxygens (including phenoxy) is 2. The van der Waals surface area contributed by atoms with Gasteiger partial charge in [0, 0.05) is 49.2 Å². The summed E-state index contributed by atoms with van der Waals surface area (Å²) >= 11 is 0. The first-order chi connectivity index (χ1) is 20.5. The standard InChI is InChI=1S/C32H30N6O4/c1-3-42-27-20-23(21-33-22-27)8-9-24-6-4-5-7-28(24)32(40)38-18-16-37(17-19-38)30-15-14-29(35-36-30)31(39)34-25-10-12-26(41-2)13-11-25/h4-7,10-15,20-22H,3,16-19H2,1-2H3,(H,34,39). The van der Waals surface area contributed by atoms with Gasteiger partial charge in [-0.3, -0.25) is 14.6 Å². The first-order valence-corrected chi connectivity index (χ1v) is 13.6. The SMILES string of the molecule is CCOc1cncc(C#Cc2ccccc2C(=O)N2CCN(c3ccc(C(=O)Nc4ccc(OC)cc4)nn3)CC2)c1. The first-order valence-electron chi connectivity index (χ1n) is 13.6. The van der Waals surface area contributed by atoms with Gasteiger partial charge in [0.25, 0.3) is 11.8 Å². The number of hydrogen-bond donors (Lipinski definition) is 1. The molecule has 212 valence electrons. The van der Waals surface area contributed by atoms with E-state index in [4.69, 9.17) is 9.47 Å². The number of carbonyl (C=O) groups excluding carboxylic acids is 2. The van der Waals surface area contributed by atoms with E-state index in [0.29, 0.717) is 72.5 Å². The van der Waals surface area contributed by atoms with Crippen molar-refractivity contribution in [2.45, 2.75) is 6.92 Å². The molecule has 4 aromatic rings. The van der Waals surface area contributed by atoms with Gasteiger partial charge in [0.15, 0.2) is 11.5 Å². The molecule has 0 saturated carbocycles. The van der Waals surface area contributed by atoms with Crippen LogP contribution in [0.4, 0.5) is 11.5 Å². The summed E-state index contributed by atoms with van der Waals surface area (Å²) in [7, 11) is 1.59. The van der Waals surface area contributed by atoms with E-state index in [9.17, 15) is 9.59 Å². The summed E-state index contributed by atoms with van der Waals surface area (Å²) in [6, 6.07) is 19.6. The molecule has 2 amide bonds. The van der Waals surface area contributed by atoms with Crippen molar-refractivity contribution in [1.82, 2.24) is 20.1 Å². The molecule has 1 N–H and O–H groups in total. The molecule has 1 aliphatic heterocycles. The fourth-order valence-corrected chi connectivity index (χ4v) is 4.44. The molecule has 1 saturated heterocycles. The molecule has 1 fully saturated rings. The second kappa shape index (κ2) is 13.3. The largest absolute Gasteiger partial charge is 0.497 e. The third-order valence-corrected chi connectivity index (χ3v) is 6.65. The highest BCUT2D eigenvalue weighted by Gasteiger charge is 2.24. The lowest BCUT2D eigenvalue weighted by Crippen LogP contribution is -2.49. The molecule has 0 unspecified atom stereocenters. The normalized spacial score (nSPS) is 12.6. The van der Waals surface area contributed by atoms with Crippen LogP contribution >= 0.6 is 0 Å². The fraction of sp³-hybridized carbons (Fsp3) is 0.219. The summed E-state index contributed by atoms with van der Waals surface area (Å²) in [6.45, 7) is 4.66. The Hall–Kier alpha value is -5.43. The monoisotopic (exact) mass is 562 g/mol. The van der Waals surface area contributed by atoms with Crippen molar-refractivity contribution in [1.29, 1.82) is 0 Å². The lowest BCUT2D eigenvalue weighted by atomic mass is 10.1. The molecule has 0 atom stereocenters. The van der Waals surface area contributed by atoms with E-state index in [1.54, 1.807) is 62.0 Å². The van der Waals surface area contributed by atoms with E-state index in [1.807, 2.05) is 41.0 Å². The molecule has 2 aromatic heterocycles. The van der Waals surface area contributed by atoms with Crippen LogP contribution in [0.25, 0.3) is 0 Å². The van der Waals surface area contributed by atoms with Crippen molar-refractivity contribution in [3.05, 3.63) is 102 Å². The number of nitrogens with zero attached hydrogens (tertiary/aromatic N) is 5. The number of anilines is 2. The third kappa shape index (κ3) is 6.82. The van der Waals surface area contributed by atoms with Crippen molar-refractivity contribution in [2.75, 3.05) is 50.1 Å². The van der Waals surface area contributed by atoms with Crippen molar-refractivity contribution in [3.63, 3.8) is 0 Å². The lowest BCUT2D eigenvalue weighted by molar-refractivity contribution is 0.0746. The maximum Gasteiger partial charge on any atom is 0.276 e. The molecular weight excluding hydrogens is 532 g/mol. The van der Waals surface area contributed by atoms with Gasteiger partial charge in [-0.25, -0.2) is 0 Å². The van der Waals surface area contributed by atoms with Crippen LogP contribution in [0.2, 0.25) is 0 Å². The zero-order chi connectivity index (χ0) is 29.3. The van der Waals surface area contributed by atoms with Crippen molar-refractivity contribution in [3.8, 4) is 23.3 Å². The number of carbonyl (C=O) groups is 2. The van der Waals surface area contributed by atoms with Gasteiger partial charge in [0.1, 0.15) is 11.5 Å². The molecule has 10 nitrogen and oxygen atoms in total. The van der Waals surface area contributed by atoms with Gasteiger partial charge in [0.05, 0.1) is 25.5 Å². The van der Waals surface area contributed by atoms with Gasteiger partial charge in [-0.1, -0.05) is 24.0 Å². The summed E-state index contributed by atoms with van der Waals surface area (Å²) in [6.07, 6.45) is 3.31. The molecular formula is C32H30N6O4. The molecule has 0 aliphatic carbocycles. The smallest absolute Gasteiger partial charge is 0.276 e. The Morgan fingerprint density at radius 3 is 2.40 bits per heavy atom. The van der Waals surface area contributed by atoms with E-state index in [1.165, 1.54) is 0 Å². The first kappa shape index (κ1) is 28.1. The number of amides is 2. The molecule has 10 heteroatoms. The van der Waals surface area contributed by atoms with Crippen LogP contribution in [-0.4, -0.2) is 71.8 Å². The maximum atomic E-state index is 13.4. The van der Waals surface area contributed by atoms with Crippen LogP contribution in [0.15, 0.2) is 79.1 Å². The van der Waals surface area contributed by atoms with Crippen molar-refractivity contribution < 1.29 is 19.1 Å². The number of nitrogens with one attached hydrogen (secondary N) is 1. The van der Waals surface area contributed by atoms with E-state index >= 15 is 0 Å². The van der Waals surface area contributed by atoms with Gasteiger partial charge >= 0.3 is 0 Å². The van der Waals surface area contributed by atoms with E-state index in [2.05, 4.69) is 32.3 Å². The van der Waals surface area contributed by atoms with Crippen LogP contribution in [0, 0.1) is 11.8 Å². The van der Waals surface area contributed by atoms with Crippen LogP contribution in [0.1, 0.15) is 38.9 Å². The Balaban J connectivity index is 1.19. The summed E-state index contributed by atoms with van der Waals surface area (Å²) in [5.41, 5.74) is 2.76. The second-order valence-corrected chi connectivity index (χ2v) is 9.38. The summed E-state index contributed by atoms with van der Waals surface area (Å²) in [5.74, 6) is 7.81. The zero-order valence-corrected chi connectivity index (χ0v) is 23.4. The van der Waals surface area contributed by atoms with E-state index < -0.39 is 0 Å². The Labute approximate surface area is 244 Å². The number of benzene rings is 2. The highest BCUT2D eigenvalue weighted by Crippen LogP contribution is 2.19. The third-order valence-electron chi connectivity index (χ3n) is 6.65. The summed E-state index contributed by atoms with van der Waals surface area (Å²) in [5, 5.41) is 11.2. The predicted octanol–water partition coefficient (Wildman–Crippen LogP) is 3.89. The van der Waals surface area contributed by atoms with E-state index in [-0.39, 0.29) is 17.5 Å². The minimum atomic E-state index is -0.352. The van der Waals surface area contributed by atoms with Gasteiger partial charge in [-0.05, 0) is 61.5 Å². The molecule has 42 heavy (non-hydrogen) atoms. The number of methoxy groups -OCH3 is 1. The highest BCUT2D eigenvalue weighted by atomic mass is 16.5. The molecule has 1 aliphatic rings. The molecule has 0 bridgehead atoms. The zero-order valence-electron chi connectivity index (χ0n) is 23.4. The average Bonchev–Trinajstić information content (AvgIpc) is 3.04. The number of piperazine rings is 1. The average molecular weight is 563 g/mol. The topological polar surface area (TPSA) is 110 Å². The quantitative estimate of drug-likeness (QED) is 0.338. The van der Waals surface area contributed by atoms with Gasteiger partial charge < -0.3 is 24.6 Å².